The van der Waals surface area contributed by atoms with Crippen molar-refractivity contribution in [1.29, 1.82) is 0 Å². The lowest BCUT2D eigenvalue weighted by Crippen LogP contribution is -2.19. The van der Waals surface area contributed by atoms with Gasteiger partial charge in [0.25, 0.3) is 0 Å². The minimum Gasteiger partial charge on any atom is -0.396 e. The van der Waals surface area contributed by atoms with Gasteiger partial charge in [0.1, 0.15) is 0 Å². The van der Waals surface area contributed by atoms with Crippen LogP contribution in [0.2, 0.25) is 0 Å². The quantitative estimate of drug-likeness (QED) is 0.767. The van der Waals surface area contributed by atoms with Crippen LogP contribution >= 0.6 is 0 Å². The van der Waals surface area contributed by atoms with Crippen LogP contribution in [0.4, 0.5) is 18.9 Å². The van der Waals surface area contributed by atoms with Gasteiger partial charge in [0.2, 0.25) is 0 Å². The van der Waals surface area contributed by atoms with E-state index in [1.807, 2.05) is 4.90 Å². The molecule has 0 unspecified atom stereocenters. The second-order valence-electron chi connectivity index (χ2n) is 4.61. The lowest BCUT2D eigenvalue weighted by molar-refractivity contribution is -0.137. The van der Waals surface area contributed by atoms with E-state index in [0.717, 1.165) is 31.7 Å². The van der Waals surface area contributed by atoms with Gasteiger partial charge in [-0.1, -0.05) is 18.9 Å². The molecule has 5 heteroatoms. The number of hydrogen-bond donors (Lipinski definition) is 1. The van der Waals surface area contributed by atoms with Crippen molar-refractivity contribution in [1.82, 2.24) is 0 Å². The van der Waals surface area contributed by atoms with Gasteiger partial charge in [0.05, 0.1) is 5.56 Å². The largest absolute Gasteiger partial charge is 0.416 e. The van der Waals surface area contributed by atoms with E-state index >= 15 is 0 Å². The Kier molecular flexibility index (Phi) is 6.15. The summed E-state index contributed by atoms with van der Waals surface area (Å²) in [6.07, 6.45) is -0.672. The maximum Gasteiger partial charge on any atom is 0.416 e. The normalized spacial score (nSPS) is 11.6. The third-order valence-electron chi connectivity index (χ3n) is 3.02. The van der Waals surface area contributed by atoms with Crippen LogP contribution < -0.4 is 4.90 Å². The van der Waals surface area contributed by atoms with Crippen molar-refractivity contribution in [3.63, 3.8) is 0 Å². The maximum absolute atomic E-state index is 12.6. The van der Waals surface area contributed by atoms with Crippen molar-refractivity contribution in [2.45, 2.75) is 31.9 Å². The highest BCUT2D eigenvalue weighted by Gasteiger charge is 2.30. The van der Waals surface area contributed by atoms with Gasteiger partial charge in [0.15, 0.2) is 0 Å². The summed E-state index contributed by atoms with van der Waals surface area (Å²) in [4.78, 5) is 1.83. The Morgan fingerprint density at radius 3 is 2.42 bits per heavy atom. The van der Waals surface area contributed by atoms with Gasteiger partial charge in [-0.05, 0) is 31.0 Å². The summed E-state index contributed by atoms with van der Waals surface area (Å²) in [6.45, 7) is 0.913. The first-order valence-electron chi connectivity index (χ1n) is 6.44. The number of rotatable bonds is 7. The second-order valence-corrected chi connectivity index (χ2v) is 4.61. The average Bonchev–Trinajstić information content (AvgIpc) is 2.37. The first-order chi connectivity index (χ1) is 8.95. The molecule has 0 saturated carbocycles. The first-order valence-corrected chi connectivity index (χ1v) is 6.44. The van der Waals surface area contributed by atoms with Crippen LogP contribution in [0.1, 0.15) is 31.2 Å². The number of halogens is 3. The van der Waals surface area contributed by atoms with Crippen LogP contribution in [0.3, 0.4) is 0 Å². The molecule has 0 amide bonds. The standard InChI is InChI=1S/C14H20F3NO/c1-18(9-4-2-3-5-10-19)13-8-6-7-12(11-13)14(15,16)17/h6-8,11,19H,2-5,9-10H2,1H3. The molecule has 0 aliphatic carbocycles. The van der Waals surface area contributed by atoms with Gasteiger partial charge in [-0.2, -0.15) is 13.2 Å². The smallest absolute Gasteiger partial charge is 0.396 e. The molecule has 0 aromatic heterocycles. The Morgan fingerprint density at radius 2 is 1.79 bits per heavy atom. The third-order valence-corrected chi connectivity index (χ3v) is 3.02. The molecule has 0 radical (unpaired) electrons. The number of nitrogens with zero attached hydrogens (tertiary/aromatic N) is 1. The summed E-state index contributed by atoms with van der Waals surface area (Å²) in [5, 5.41) is 8.64. The summed E-state index contributed by atoms with van der Waals surface area (Å²) < 4.78 is 37.7. The molecule has 19 heavy (non-hydrogen) atoms. The highest BCUT2D eigenvalue weighted by atomic mass is 19.4. The van der Waals surface area contributed by atoms with E-state index < -0.39 is 11.7 Å². The SMILES string of the molecule is CN(CCCCCCO)c1cccc(C(F)(F)F)c1. The Bertz CT molecular complexity index is 379. The highest BCUT2D eigenvalue weighted by molar-refractivity contribution is 5.48. The minimum absolute atomic E-state index is 0.198. The van der Waals surface area contributed by atoms with Crippen molar-refractivity contribution in [2.75, 3.05) is 25.1 Å². The van der Waals surface area contributed by atoms with Gasteiger partial charge >= 0.3 is 6.18 Å². The zero-order valence-electron chi connectivity index (χ0n) is 11.1. The number of aliphatic hydroxyl groups excluding tert-OH is 1. The summed E-state index contributed by atoms with van der Waals surface area (Å²) in [6, 6.07) is 5.37. The molecule has 1 aromatic carbocycles. The molecule has 0 aliphatic heterocycles. The van der Waals surface area contributed by atoms with Gasteiger partial charge < -0.3 is 10.0 Å². The van der Waals surface area contributed by atoms with Crippen molar-refractivity contribution in [3.05, 3.63) is 29.8 Å². The van der Waals surface area contributed by atoms with E-state index in [0.29, 0.717) is 12.2 Å². The highest BCUT2D eigenvalue weighted by Crippen LogP contribution is 2.31. The molecule has 0 spiro atoms. The predicted molar refractivity (Wildman–Crippen MR) is 70.3 cm³/mol. The fourth-order valence-electron chi connectivity index (χ4n) is 1.86. The van der Waals surface area contributed by atoms with Crippen LogP contribution in [0, 0.1) is 0 Å². The van der Waals surface area contributed by atoms with E-state index in [2.05, 4.69) is 0 Å². The molecule has 0 atom stereocenters. The fraction of sp³-hybridized carbons (Fsp3) is 0.571. The minimum atomic E-state index is -4.29. The van der Waals surface area contributed by atoms with Gasteiger partial charge in [-0.25, -0.2) is 0 Å². The van der Waals surface area contributed by atoms with E-state index in [9.17, 15) is 13.2 Å². The molecule has 0 heterocycles. The van der Waals surface area contributed by atoms with Crippen LogP contribution in [-0.2, 0) is 6.18 Å². The Hall–Kier alpha value is -1.23. The first kappa shape index (κ1) is 15.8. The van der Waals surface area contributed by atoms with Crippen molar-refractivity contribution >= 4 is 5.69 Å². The maximum atomic E-state index is 12.6. The predicted octanol–water partition coefficient (Wildman–Crippen LogP) is 3.69. The van der Waals surface area contributed by atoms with Crippen molar-refractivity contribution in [2.24, 2.45) is 0 Å². The van der Waals surface area contributed by atoms with E-state index in [1.165, 1.54) is 12.1 Å². The third kappa shape index (κ3) is 5.51. The zero-order valence-corrected chi connectivity index (χ0v) is 11.1. The Labute approximate surface area is 111 Å². The van der Waals surface area contributed by atoms with Gasteiger partial charge in [-0.15, -0.1) is 0 Å². The zero-order chi connectivity index (χ0) is 14.3. The molecular formula is C14H20F3NO. The topological polar surface area (TPSA) is 23.5 Å². The average molecular weight is 275 g/mol. The fourth-order valence-corrected chi connectivity index (χ4v) is 1.86. The van der Waals surface area contributed by atoms with E-state index in [1.54, 1.807) is 13.1 Å². The molecule has 0 saturated heterocycles. The summed E-state index contributed by atoms with van der Waals surface area (Å²) in [5.41, 5.74) is -0.0332. The van der Waals surface area contributed by atoms with Crippen LogP contribution in [0.5, 0.6) is 0 Å². The Balaban J connectivity index is 2.50. The summed E-state index contributed by atoms with van der Waals surface area (Å²) in [7, 11) is 1.79. The number of benzene rings is 1. The molecule has 1 rings (SSSR count). The number of alkyl halides is 3. The molecule has 1 N–H and O–H groups in total. The van der Waals surface area contributed by atoms with Gasteiger partial charge in [0, 0.05) is 25.9 Å². The van der Waals surface area contributed by atoms with Crippen molar-refractivity contribution < 1.29 is 18.3 Å². The van der Waals surface area contributed by atoms with Crippen molar-refractivity contribution in [3.8, 4) is 0 Å². The van der Waals surface area contributed by atoms with Crippen LogP contribution in [0.25, 0.3) is 0 Å². The molecule has 0 aliphatic rings. The molecule has 108 valence electrons. The molecule has 2 nitrogen and oxygen atoms in total. The lowest BCUT2D eigenvalue weighted by atomic mass is 10.1. The lowest BCUT2D eigenvalue weighted by Gasteiger charge is -2.20. The number of unbranched alkanes of at least 4 members (excludes halogenated alkanes) is 3. The molecule has 1 aromatic rings. The molecular weight excluding hydrogens is 255 g/mol. The van der Waals surface area contributed by atoms with E-state index in [-0.39, 0.29) is 6.61 Å². The Morgan fingerprint density at radius 1 is 1.11 bits per heavy atom. The second kappa shape index (κ2) is 7.38. The summed E-state index contributed by atoms with van der Waals surface area (Å²) >= 11 is 0. The monoisotopic (exact) mass is 275 g/mol. The van der Waals surface area contributed by atoms with E-state index in [4.69, 9.17) is 5.11 Å². The number of hydrogen-bond acceptors (Lipinski definition) is 2. The molecule has 0 fully saturated rings. The number of aliphatic hydroxyl groups is 1. The van der Waals surface area contributed by atoms with Crippen LogP contribution in [0.15, 0.2) is 24.3 Å². The number of anilines is 1. The van der Waals surface area contributed by atoms with Gasteiger partial charge in [-0.3, -0.25) is 0 Å². The molecule has 0 bridgehead atoms. The summed E-state index contributed by atoms with van der Waals surface area (Å²) in [5.74, 6) is 0. The van der Waals surface area contributed by atoms with Crippen LogP contribution in [-0.4, -0.2) is 25.3 Å².